The van der Waals surface area contributed by atoms with Gasteiger partial charge in [0, 0.05) is 31.9 Å². The number of aryl methyl sites for hydroxylation is 2. The number of hydrogen-bond acceptors (Lipinski definition) is 3. The van der Waals surface area contributed by atoms with E-state index in [4.69, 9.17) is 0 Å². The minimum atomic E-state index is -0.398. The van der Waals surface area contributed by atoms with Gasteiger partial charge in [-0.25, -0.2) is 9.07 Å². The van der Waals surface area contributed by atoms with E-state index < -0.39 is 5.82 Å². The Morgan fingerprint density at radius 2 is 1.66 bits per heavy atom. The molecule has 1 aliphatic heterocycles. The average molecular weight is 392 g/mol. The summed E-state index contributed by atoms with van der Waals surface area (Å²) in [6.07, 6.45) is 0.983. The molecular formula is C23H25FN4O. The van der Waals surface area contributed by atoms with Crippen molar-refractivity contribution in [2.45, 2.75) is 20.3 Å². The molecule has 6 heteroatoms. The van der Waals surface area contributed by atoms with Crippen LogP contribution >= 0.6 is 0 Å². The van der Waals surface area contributed by atoms with Crippen LogP contribution in [0.3, 0.4) is 0 Å². The molecule has 0 N–H and O–H groups in total. The molecule has 0 radical (unpaired) electrons. The molecule has 1 aliphatic rings. The molecular weight excluding hydrogens is 367 g/mol. The zero-order valence-corrected chi connectivity index (χ0v) is 16.8. The molecule has 29 heavy (non-hydrogen) atoms. The molecule has 0 unspecified atom stereocenters. The van der Waals surface area contributed by atoms with E-state index in [2.05, 4.69) is 41.2 Å². The molecule has 3 aromatic rings. The fraction of sp³-hybridized carbons (Fsp3) is 0.304. The number of rotatable bonds is 4. The summed E-state index contributed by atoms with van der Waals surface area (Å²) in [5.74, 6) is -0.511. The number of carbonyl (C=O) groups excluding carboxylic acids is 1. The van der Waals surface area contributed by atoms with Crippen molar-refractivity contribution in [2.24, 2.45) is 0 Å². The van der Waals surface area contributed by atoms with Crippen molar-refractivity contribution in [2.75, 3.05) is 31.1 Å². The van der Waals surface area contributed by atoms with E-state index in [0.29, 0.717) is 30.2 Å². The van der Waals surface area contributed by atoms with E-state index in [1.807, 2.05) is 11.8 Å². The first-order valence-corrected chi connectivity index (χ1v) is 10.0. The predicted molar refractivity (Wildman–Crippen MR) is 112 cm³/mol. The number of halogens is 1. The number of aromatic nitrogens is 2. The Labute approximate surface area is 170 Å². The minimum absolute atomic E-state index is 0.114. The van der Waals surface area contributed by atoms with Crippen LogP contribution < -0.4 is 4.90 Å². The normalized spacial score (nSPS) is 14.3. The van der Waals surface area contributed by atoms with Gasteiger partial charge in [0.05, 0.1) is 5.69 Å². The molecule has 4 rings (SSSR count). The number of para-hydroxylation sites is 2. The van der Waals surface area contributed by atoms with Gasteiger partial charge >= 0.3 is 0 Å². The first-order chi connectivity index (χ1) is 14.1. The van der Waals surface area contributed by atoms with Gasteiger partial charge < -0.3 is 9.80 Å². The van der Waals surface area contributed by atoms with Gasteiger partial charge in [-0.2, -0.15) is 5.10 Å². The number of carbonyl (C=O) groups is 1. The van der Waals surface area contributed by atoms with Gasteiger partial charge in [-0.05, 0) is 43.2 Å². The standard InChI is InChI=1S/C23H25FN4O/c1-3-18-8-4-6-10-20(18)26-12-14-27(15-13-26)23(29)22-16-17(2)25-28(22)21-11-7-5-9-19(21)24/h4-11,16H,3,12-15H2,1-2H3. The second-order valence-electron chi connectivity index (χ2n) is 7.30. The van der Waals surface area contributed by atoms with Crippen LogP contribution in [0.4, 0.5) is 10.1 Å². The Bertz CT molecular complexity index is 1020. The fourth-order valence-electron chi connectivity index (χ4n) is 3.89. The molecule has 1 fully saturated rings. The average Bonchev–Trinajstić information content (AvgIpc) is 3.15. The van der Waals surface area contributed by atoms with Gasteiger partial charge in [-0.3, -0.25) is 4.79 Å². The summed E-state index contributed by atoms with van der Waals surface area (Å²) in [4.78, 5) is 17.4. The highest BCUT2D eigenvalue weighted by atomic mass is 19.1. The molecule has 2 heterocycles. The summed E-state index contributed by atoms with van der Waals surface area (Å²) in [7, 11) is 0. The highest BCUT2D eigenvalue weighted by molar-refractivity contribution is 5.93. The summed E-state index contributed by atoms with van der Waals surface area (Å²) >= 11 is 0. The second kappa shape index (κ2) is 8.07. The lowest BCUT2D eigenvalue weighted by Gasteiger charge is -2.37. The quantitative estimate of drug-likeness (QED) is 0.677. The van der Waals surface area contributed by atoms with Crippen molar-refractivity contribution in [3.05, 3.63) is 77.4 Å². The van der Waals surface area contributed by atoms with Gasteiger partial charge in [-0.1, -0.05) is 37.3 Å². The topological polar surface area (TPSA) is 41.4 Å². The van der Waals surface area contributed by atoms with Crippen LogP contribution in [-0.2, 0) is 6.42 Å². The maximum absolute atomic E-state index is 14.3. The third-order valence-electron chi connectivity index (χ3n) is 5.41. The highest BCUT2D eigenvalue weighted by Crippen LogP contribution is 2.23. The molecule has 150 valence electrons. The Hall–Kier alpha value is -3.15. The summed E-state index contributed by atoms with van der Waals surface area (Å²) in [5, 5.41) is 4.36. The van der Waals surface area contributed by atoms with Crippen LogP contribution in [0, 0.1) is 12.7 Å². The van der Waals surface area contributed by atoms with Crippen LogP contribution in [0.5, 0.6) is 0 Å². The van der Waals surface area contributed by atoms with E-state index in [0.717, 1.165) is 19.5 Å². The van der Waals surface area contributed by atoms with Crippen molar-refractivity contribution in [3.63, 3.8) is 0 Å². The fourth-order valence-corrected chi connectivity index (χ4v) is 3.89. The maximum Gasteiger partial charge on any atom is 0.272 e. The van der Waals surface area contributed by atoms with Crippen LogP contribution in [0.2, 0.25) is 0 Å². The monoisotopic (exact) mass is 392 g/mol. The summed E-state index contributed by atoms with van der Waals surface area (Å²) < 4.78 is 15.7. The molecule has 5 nitrogen and oxygen atoms in total. The third-order valence-corrected chi connectivity index (χ3v) is 5.41. The van der Waals surface area contributed by atoms with Gasteiger partial charge in [-0.15, -0.1) is 0 Å². The number of benzene rings is 2. The molecule has 1 amide bonds. The van der Waals surface area contributed by atoms with Gasteiger partial charge in [0.15, 0.2) is 0 Å². The van der Waals surface area contributed by atoms with Crippen LogP contribution in [0.25, 0.3) is 5.69 Å². The SMILES string of the molecule is CCc1ccccc1N1CCN(C(=O)c2cc(C)nn2-c2ccccc2F)CC1. The number of hydrogen-bond donors (Lipinski definition) is 0. The van der Waals surface area contributed by atoms with Gasteiger partial charge in [0.2, 0.25) is 0 Å². The molecule has 0 saturated carbocycles. The molecule has 0 aliphatic carbocycles. The molecule has 0 bridgehead atoms. The minimum Gasteiger partial charge on any atom is -0.368 e. The number of piperazine rings is 1. The Morgan fingerprint density at radius 1 is 1.00 bits per heavy atom. The summed E-state index contributed by atoms with van der Waals surface area (Å²) in [6.45, 7) is 6.76. The second-order valence-corrected chi connectivity index (χ2v) is 7.30. The smallest absolute Gasteiger partial charge is 0.272 e. The van der Waals surface area contributed by atoms with Gasteiger partial charge in [0.25, 0.3) is 5.91 Å². The highest BCUT2D eigenvalue weighted by Gasteiger charge is 2.26. The van der Waals surface area contributed by atoms with Crippen molar-refractivity contribution in [1.82, 2.24) is 14.7 Å². The first kappa shape index (κ1) is 19.2. The number of anilines is 1. The Balaban J connectivity index is 1.53. The lowest BCUT2D eigenvalue weighted by Crippen LogP contribution is -2.49. The summed E-state index contributed by atoms with van der Waals surface area (Å²) in [6, 6.07) is 16.5. The van der Waals surface area contributed by atoms with Crippen molar-refractivity contribution in [3.8, 4) is 5.69 Å². The van der Waals surface area contributed by atoms with E-state index >= 15 is 0 Å². The van der Waals surface area contributed by atoms with Crippen LogP contribution in [0.15, 0.2) is 54.6 Å². The maximum atomic E-state index is 14.3. The van der Waals surface area contributed by atoms with E-state index in [1.54, 1.807) is 24.3 Å². The third kappa shape index (κ3) is 3.75. The van der Waals surface area contributed by atoms with Gasteiger partial charge in [0.1, 0.15) is 17.2 Å². The zero-order chi connectivity index (χ0) is 20.4. The van der Waals surface area contributed by atoms with Crippen molar-refractivity contribution < 1.29 is 9.18 Å². The zero-order valence-electron chi connectivity index (χ0n) is 16.8. The molecule has 2 aromatic carbocycles. The van der Waals surface area contributed by atoms with E-state index in [1.165, 1.54) is 22.0 Å². The molecule has 0 spiro atoms. The van der Waals surface area contributed by atoms with Crippen LogP contribution in [0.1, 0.15) is 28.7 Å². The number of amides is 1. The number of nitrogens with zero attached hydrogens (tertiary/aromatic N) is 4. The summed E-state index contributed by atoms with van der Waals surface area (Å²) in [5.41, 5.74) is 3.94. The lowest BCUT2D eigenvalue weighted by molar-refractivity contribution is 0.0737. The Morgan fingerprint density at radius 3 is 2.34 bits per heavy atom. The molecule has 1 saturated heterocycles. The molecule has 0 atom stereocenters. The lowest BCUT2D eigenvalue weighted by atomic mass is 10.1. The van der Waals surface area contributed by atoms with Crippen molar-refractivity contribution in [1.29, 1.82) is 0 Å². The van der Waals surface area contributed by atoms with Crippen LogP contribution in [-0.4, -0.2) is 46.8 Å². The predicted octanol–water partition coefficient (Wildman–Crippen LogP) is 3.84. The molecule has 1 aromatic heterocycles. The Kier molecular flexibility index (Phi) is 5.34. The van der Waals surface area contributed by atoms with E-state index in [9.17, 15) is 9.18 Å². The largest absolute Gasteiger partial charge is 0.368 e. The van der Waals surface area contributed by atoms with Crippen molar-refractivity contribution >= 4 is 11.6 Å². The van der Waals surface area contributed by atoms with E-state index in [-0.39, 0.29) is 5.91 Å². The first-order valence-electron chi connectivity index (χ1n) is 10.0.